The lowest BCUT2D eigenvalue weighted by Crippen LogP contribution is -2.40. The summed E-state index contributed by atoms with van der Waals surface area (Å²) in [5, 5.41) is 11.3. The highest BCUT2D eigenvalue weighted by atomic mass is 35.5. The van der Waals surface area contributed by atoms with Crippen molar-refractivity contribution in [3.8, 4) is 17.3 Å². The van der Waals surface area contributed by atoms with Gasteiger partial charge in [0.25, 0.3) is 5.56 Å². The lowest BCUT2D eigenvalue weighted by molar-refractivity contribution is 0.427. The van der Waals surface area contributed by atoms with Crippen LogP contribution in [0.1, 0.15) is 5.56 Å². The van der Waals surface area contributed by atoms with Crippen LogP contribution in [0.2, 0.25) is 5.02 Å². The second kappa shape index (κ2) is 8.23. The van der Waals surface area contributed by atoms with Gasteiger partial charge in [0.15, 0.2) is 0 Å². The molecule has 0 aliphatic rings. The van der Waals surface area contributed by atoms with Crippen molar-refractivity contribution in [3.05, 3.63) is 116 Å². The number of nitrogens with zero attached hydrogens (tertiary/aromatic N) is 3. The van der Waals surface area contributed by atoms with Crippen LogP contribution in [0.3, 0.4) is 0 Å². The van der Waals surface area contributed by atoms with E-state index in [9.17, 15) is 14.7 Å². The molecule has 1 aromatic heterocycles. The lowest BCUT2D eigenvalue weighted by atomic mass is 10.2. The van der Waals surface area contributed by atoms with Crippen molar-refractivity contribution in [1.29, 1.82) is 0 Å². The molecule has 1 N–H and O–H groups in total. The molecule has 0 amide bonds. The van der Waals surface area contributed by atoms with Gasteiger partial charge in [0, 0.05) is 11.2 Å². The van der Waals surface area contributed by atoms with Crippen LogP contribution in [0.5, 0.6) is 5.88 Å². The molecule has 4 rings (SSSR count). The Morgan fingerprint density at radius 3 is 2.00 bits per heavy atom. The van der Waals surface area contributed by atoms with Crippen molar-refractivity contribution in [2.45, 2.75) is 0 Å². The molecule has 0 aliphatic carbocycles. The van der Waals surface area contributed by atoms with E-state index in [1.807, 2.05) is 0 Å². The standard InChI is InChI=1S/C23H16ClN3O3/c24-16-8-7-9-17(14-16)25-15-20-21(28)26(18-10-3-1-4-11-18)23(30)27(22(20)29)19-12-5-2-6-13-19/h1-15,28H. The second-order valence-corrected chi connectivity index (χ2v) is 6.84. The maximum atomic E-state index is 13.2. The second-order valence-electron chi connectivity index (χ2n) is 6.40. The van der Waals surface area contributed by atoms with Gasteiger partial charge in [-0.25, -0.2) is 13.9 Å². The molecule has 0 atom stereocenters. The van der Waals surface area contributed by atoms with Gasteiger partial charge >= 0.3 is 5.69 Å². The summed E-state index contributed by atoms with van der Waals surface area (Å²) in [6, 6.07) is 23.9. The third-order valence-electron chi connectivity index (χ3n) is 4.45. The molecule has 3 aromatic carbocycles. The minimum atomic E-state index is -0.685. The Morgan fingerprint density at radius 1 is 0.800 bits per heavy atom. The van der Waals surface area contributed by atoms with Crippen LogP contribution < -0.4 is 11.2 Å². The van der Waals surface area contributed by atoms with E-state index < -0.39 is 17.1 Å². The molecule has 0 unspecified atom stereocenters. The Bertz CT molecular complexity index is 1340. The van der Waals surface area contributed by atoms with Crippen molar-refractivity contribution in [2.75, 3.05) is 0 Å². The maximum Gasteiger partial charge on any atom is 0.343 e. The Kier molecular flexibility index (Phi) is 5.32. The zero-order chi connectivity index (χ0) is 21.1. The van der Waals surface area contributed by atoms with Gasteiger partial charge < -0.3 is 5.11 Å². The zero-order valence-corrected chi connectivity index (χ0v) is 16.4. The minimum absolute atomic E-state index is 0.123. The van der Waals surface area contributed by atoms with Crippen molar-refractivity contribution in [3.63, 3.8) is 0 Å². The molecule has 4 aromatic rings. The highest BCUT2D eigenvalue weighted by Crippen LogP contribution is 2.20. The number of halogens is 1. The number of aromatic hydroxyl groups is 1. The van der Waals surface area contributed by atoms with Gasteiger partial charge in [-0.05, 0) is 42.5 Å². The Labute approximate surface area is 176 Å². The summed E-state index contributed by atoms with van der Waals surface area (Å²) >= 11 is 5.99. The van der Waals surface area contributed by atoms with Crippen LogP contribution in [0.25, 0.3) is 11.4 Å². The van der Waals surface area contributed by atoms with E-state index in [-0.39, 0.29) is 5.56 Å². The number of hydrogen-bond donors (Lipinski definition) is 1. The number of rotatable bonds is 4. The van der Waals surface area contributed by atoms with Gasteiger partial charge in [0.2, 0.25) is 5.88 Å². The molecule has 30 heavy (non-hydrogen) atoms. The van der Waals surface area contributed by atoms with Crippen LogP contribution in [0.15, 0.2) is 99.5 Å². The number of benzene rings is 3. The molecule has 0 bridgehead atoms. The van der Waals surface area contributed by atoms with E-state index in [0.717, 1.165) is 9.13 Å². The summed E-state index contributed by atoms with van der Waals surface area (Å²) in [4.78, 5) is 30.6. The van der Waals surface area contributed by atoms with E-state index in [1.54, 1.807) is 84.9 Å². The van der Waals surface area contributed by atoms with Crippen LogP contribution in [0.4, 0.5) is 5.69 Å². The summed E-state index contributed by atoms with van der Waals surface area (Å²) in [5.74, 6) is -0.492. The summed E-state index contributed by atoms with van der Waals surface area (Å²) in [6.45, 7) is 0. The van der Waals surface area contributed by atoms with Gasteiger partial charge in [-0.15, -0.1) is 0 Å². The molecule has 7 heteroatoms. The predicted molar refractivity (Wildman–Crippen MR) is 118 cm³/mol. The SMILES string of the molecule is O=c1c(C=Nc2cccc(Cl)c2)c(O)n(-c2ccccc2)c(=O)n1-c1ccccc1. The van der Waals surface area contributed by atoms with E-state index in [0.29, 0.717) is 22.1 Å². The number of hydrogen-bond acceptors (Lipinski definition) is 4. The zero-order valence-electron chi connectivity index (χ0n) is 15.6. The molecular weight excluding hydrogens is 402 g/mol. The first-order chi connectivity index (χ1) is 14.6. The molecular formula is C23H16ClN3O3. The van der Waals surface area contributed by atoms with Crippen LogP contribution in [0, 0.1) is 0 Å². The third kappa shape index (κ3) is 3.68. The summed E-state index contributed by atoms with van der Waals surface area (Å²) in [6.07, 6.45) is 1.24. The summed E-state index contributed by atoms with van der Waals surface area (Å²) in [5.41, 5.74) is -0.180. The van der Waals surface area contributed by atoms with Gasteiger partial charge in [0.1, 0.15) is 5.56 Å². The fourth-order valence-corrected chi connectivity index (χ4v) is 3.22. The minimum Gasteiger partial charge on any atom is -0.493 e. The van der Waals surface area contributed by atoms with Crippen molar-refractivity contribution >= 4 is 23.5 Å². The number of aromatic nitrogens is 2. The topological polar surface area (TPSA) is 76.6 Å². The van der Waals surface area contributed by atoms with Gasteiger partial charge in [-0.1, -0.05) is 54.1 Å². The first-order valence-electron chi connectivity index (χ1n) is 9.08. The number of para-hydroxylation sites is 2. The first-order valence-corrected chi connectivity index (χ1v) is 9.45. The van der Waals surface area contributed by atoms with E-state index in [1.165, 1.54) is 6.21 Å². The number of aliphatic imine (C=N–C) groups is 1. The quantitative estimate of drug-likeness (QED) is 0.508. The largest absolute Gasteiger partial charge is 0.493 e. The molecule has 0 fully saturated rings. The fourth-order valence-electron chi connectivity index (χ4n) is 3.04. The average Bonchev–Trinajstić information content (AvgIpc) is 2.75. The molecule has 1 heterocycles. The van der Waals surface area contributed by atoms with E-state index in [4.69, 9.17) is 11.6 Å². The molecule has 0 saturated heterocycles. The molecule has 0 aliphatic heterocycles. The Hall–Kier alpha value is -3.90. The van der Waals surface area contributed by atoms with Gasteiger partial charge in [-0.2, -0.15) is 0 Å². The van der Waals surface area contributed by atoms with Crippen molar-refractivity contribution < 1.29 is 5.11 Å². The molecule has 0 radical (unpaired) electrons. The van der Waals surface area contributed by atoms with E-state index in [2.05, 4.69) is 4.99 Å². The molecule has 148 valence electrons. The Balaban J connectivity index is 2.00. The van der Waals surface area contributed by atoms with Crippen molar-refractivity contribution in [1.82, 2.24) is 9.13 Å². The van der Waals surface area contributed by atoms with Crippen LogP contribution in [-0.4, -0.2) is 20.5 Å². The molecule has 0 saturated carbocycles. The normalized spacial score (nSPS) is 11.1. The van der Waals surface area contributed by atoms with E-state index >= 15 is 0 Å². The monoisotopic (exact) mass is 417 g/mol. The highest BCUT2D eigenvalue weighted by Gasteiger charge is 2.19. The fraction of sp³-hybridized carbons (Fsp3) is 0. The maximum absolute atomic E-state index is 13.2. The lowest BCUT2D eigenvalue weighted by Gasteiger charge is -2.14. The van der Waals surface area contributed by atoms with Crippen molar-refractivity contribution in [2.24, 2.45) is 4.99 Å². The summed E-state index contributed by atoms with van der Waals surface area (Å²) < 4.78 is 2.08. The van der Waals surface area contributed by atoms with Crippen LogP contribution in [-0.2, 0) is 0 Å². The first kappa shape index (κ1) is 19.4. The average molecular weight is 418 g/mol. The predicted octanol–water partition coefficient (Wildman–Crippen LogP) is 4.10. The highest BCUT2D eigenvalue weighted by molar-refractivity contribution is 6.30. The smallest absolute Gasteiger partial charge is 0.343 e. The summed E-state index contributed by atoms with van der Waals surface area (Å²) in [7, 11) is 0. The third-order valence-corrected chi connectivity index (χ3v) is 4.68. The Morgan fingerprint density at radius 2 is 1.40 bits per heavy atom. The van der Waals surface area contributed by atoms with Gasteiger partial charge in [0.05, 0.1) is 17.1 Å². The van der Waals surface area contributed by atoms with Gasteiger partial charge in [-0.3, -0.25) is 9.79 Å². The van der Waals surface area contributed by atoms with Crippen LogP contribution >= 0.6 is 11.6 Å². The molecule has 6 nitrogen and oxygen atoms in total. The molecule has 0 spiro atoms.